The van der Waals surface area contributed by atoms with Gasteiger partial charge in [0.25, 0.3) is 0 Å². The molecule has 1 aromatic heterocycles. The van der Waals surface area contributed by atoms with E-state index in [2.05, 4.69) is 0 Å². The Bertz CT molecular complexity index is 2870. The molecule has 9 rings (SSSR count). The highest BCUT2D eigenvalue weighted by atomic mass is 16.3. The van der Waals surface area contributed by atoms with Crippen LogP contribution in [0.4, 0.5) is 0 Å². The third kappa shape index (κ3) is 3.72. The standard InChI is InChI=1S/C42H26O/c1-2-11-27(12-3-1)29-14-10-15-30(25-29)40-33-17-6-8-19-35(33)41(36-20-9-7-18-34(36)40)31-21-23-37-39(26-31)43-38-24-22-28-13-4-5-16-32(28)42(37)38/h1-26H/i6D,7D,8D,9D,17D,18D,19D,20D. The van der Waals surface area contributed by atoms with Gasteiger partial charge in [-0.05, 0) is 90.0 Å². The van der Waals surface area contributed by atoms with Gasteiger partial charge in [-0.2, -0.15) is 0 Å². The maximum Gasteiger partial charge on any atom is 0.136 e. The number of benzene rings is 8. The summed E-state index contributed by atoms with van der Waals surface area (Å²) in [6.45, 7) is 0. The molecule has 0 unspecified atom stereocenters. The number of furan rings is 1. The Morgan fingerprint density at radius 1 is 0.395 bits per heavy atom. The molecule has 1 nitrogen and oxygen atoms in total. The van der Waals surface area contributed by atoms with E-state index in [-0.39, 0.29) is 51.3 Å². The van der Waals surface area contributed by atoms with Gasteiger partial charge in [-0.3, -0.25) is 0 Å². The van der Waals surface area contributed by atoms with Crippen molar-refractivity contribution in [2.45, 2.75) is 0 Å². The topological polar surface area (TPSA) is 13.1 Å². The molecule has 0 bridgehead atoms. The predicted octanol–water partition coefficient (Wildman–Crippen LogP) is 12.0. The molecule has 0 N–H and O–H groups in total. The molecule has 0 aliphatic rings. The number of hydrogen-bond donors (Lipinski definition) is 0. The highest BCUT2D eigenvalue weighted by Gasteiger charge is 2.18. The van der Waals surface area contributed by atoms with Crippen LogP contribution in [-0.2, 0) is 0 Å². The van der Waals surface area contributed by atoms with Crippen LogP contribution in [0.25, 0.3) is 87.6 Å². The van der Waals surface area contributed by atoms with Crippen LogP contribution in [0.2, 0.25) is 0 Å². The van der Waals surface area contributed by atoms with Gasteiger partial charge in [0.1, 0.15) is 11.2 Å². The zero-order valence-electron chi connectivity index (χ0n) is 30.8. The lowest BCUT2D eigenvalue weighted by Gasteiger charge is -2.18. The van der Waals surface area contributed by atoms with Gasteiger partial charge in [0, 0.05) is 10.8 Å². The Morgan fingerprint density at radius 3 is 1.72 bits per heavy atom. The smallest absolute Gasteiger partial charge is 0.136 e. The van der Waals surface area contributed by atoms with E-state index < -0.39 is 24.2 Å². The van der Waals surface area contributed by atoms with Crippen molar-refractivity contribution in [2.24, 2.45) is 0 Å². The van der Waals surface area contributed by atoms with Gasteiger partial charge in [0.2, 0.25) is 0 Å². The minimum absolute atomic E-state index is 0.166. The molecule has 0 spiro atoms. The Morgan fingerprint density at radius 2 is 1.00 bits per heavy atom. The van der Waals surface area contributed by atoms with E-state index in [4.69, 9.17) is 9.90 Å². The van der Waals surface area contributed by atoms with Gasteiger partial charge in [-0.1, -0.05) is 133 Å². The molecular formula is C42H26O. The van der Waals surface area contributed by atoms with Crippen LogP contribution >= 0.6 is 0 Å². The van der Waals surface area contributed by atoms with Gasteiger partial charge in [-0.25, -0.2) is 0 Å². The Kier molecular flexibility index (Phi) is 3.80. The average molecular weight is 555 g/mol. The summed E-state index contributed by atoms with van der Waals surface area (Å²) in [5, 5.41) is 4.58. The van der Waals surface area contributed by atoms with E-state index in [9.17, 15) is 5.48 Å². The highest BCUT2D eigenvalue weighted by molar-refractivity contribution is 6.23. The van der Waals surface area contributed by atoms with Crippen molar-refractivity contribution in [1.29, 1.82) is 0 Å². The second-order valence-electron chi connectivity index (χ2n) is 10.7. The predicted molar refractivity (Wildman–Crippen MR) is 183 cm³/mol. The zero-order valence-corrected chi connectivity index (χ0v) is 22.8. The van der Waals surface area contributed by atoms with E-state index >= 15 is 0 Å². The molecule has 1 heterocycles. The first kappa shape index (κ1) is 17.3. The van der Waals surface area contributed by atoms with Crippen LogP contribution < -0.4 is 0 Å². The van der Waals surface area contributed by atoms with Crippen LogP contribution in [0.1, 0.15) is 11.0 Å². The first-order valence-electron chi connectivity index (χ1n) is 18.1. The summed E-state index contributed by atoms with van der Waals surface area (Å²) < 4.78 is 78.4. The van der Waals surface area contributed by atoms with Gasteiger partial charge >= 0.3 is 0 Å². The SMILES string of the molecule is [2H]c1c([2H])c([2H])c2c(-c3ccc4c(c3)oc3ccc5ccccc5c34)c3c([2H])c([2H])c([2H])c([2H])c3c(-c3cccc(-c4ccccc4)c3)c2c1[2H]. The van der Waals surface area contributed by atoms with E-state index in [0.717, 1.165) is 32.7 Å². The van der Waals surface area contributed by atoms with Crippen LogP contribution in [0.3, 0.4) is 0 Å². The van der Waals surface area contributed by atoms with Crippen molar-refractivity contribution in [1.82, 2.24) is 0 Å². The minimum atomic E-state index is -0.436. The van der Waals surface area contributed by atoms with Crippen molar-refractivity contribution >= 4 is 54.3 Å². The summed E-state index contributed by atoms with van der Waals surface area (Å²) >= 11 is 0. The largest absolute Gasteiger partial charge is 0.456 e. The lowest BCUT2D eigenvalue weighted by Crippen LogP contribution is -1.91. The van der Waals surface area contributed by atoms with Crippen molar-refractivity contribution in [3.05, 3.63) is 158 Å². The molecule has 0 radical (unpaired) electrons. The van der Waals surface area contributed by atoms with Gasteiger partial charge in [0.05, 0.1) is 11.0 Å². The number of rotatable bonds is 3. The van der Waals surface area contributed by atoms with E-state index in [1.54, 1.807) is 6.07 Å². The fourth-order valence-corrected chi connectivity index (χ4v) is 6.39. The van der Waals surface area contributed by atoms with Crippen molar-refractivity contribution in [3.8, 4) is 33.4 Å². The van der Waals surface area contributed by atoms with Crippen molar-refractivity contribution < 1.29 is 15.4 Å². The van der Waals surface area contributed by atoms with Crippen LogP contribution in [0.15, 0.2) is 162 Å². The van der Waals surface area contributed by atoms with Crippen molar-refractivity contribution in [3.63, 3.8) is 0 Å². The van der Waals surface area contributed by atoms with E-state index in [0.29, 0.717) is 27.9 Å². The summed E-state index contributed by atoms with van der Waals surface area (Å²) in [4.78, 5) is 0. The van der Waals surface area contributed by atoms with Gasteiger partial charge < -0.3 is 4.42 Å². The first-order chi connectivity index (χ1) is 24.7. The second-order valence-corrected chi connectivity index (χ2v) is 10.7. The molecule has 43 heavy (non-hydrogen) atoms. The Hall–Kier alpha value is -5.66. The average Bonchev–Trinajstić information content (AvgIpc) is 3.55. The first-order valence-corrected chi connectivity index (χ1v) is 14.1. The van der Waals surface area contributed by atoms with Crippen molar-refractivity contribution in [2.75, 3.05) is 0 Å². The van der Waals surface area contributed by atoms with E-state index in [1.807, 2.05) is 103 Å². The van der Waals surface area contributed by atoms with Crippen LogP contribution in [-0.4, -0.2) is 0 Å². The molecule has 1 heteroatoms. The van der Waals surface area contributed by atoms with Crippen LogP contribution in [0, 0.1) is 0 Å². The normalized spacial score (nSPS) is 14.3. The number of hydrogen-bond acceptors (Lipinski definition) is 1. The molecule has 200 valence electrons. The summed E-state index contributed by atoms with van der Waals surface area (Å²) in [6.07, 6.45) is 0. The third-order valence-corrected chi connectivity index (χ3v) is 8.28. The molecule has 0 saturated heterocycles. The summed E-state index contributed by atoms with van der Waals surface area (Å²) in [5.41, 5.74) is 4.68. The summed E-state index contributed by atoms with van der Waals surface area (Å²) in [5.74, 6) is 0. The van der Waals surface area contributed by atoms with Gasteiger partial charge in [0.15, 0.2) is 0 Å². The molecule has 9 aromatic rings. The lowest BCUT2D eigenvalue weighted by molar-refractivity contribution is 0.669. The highest BCUT2D eigenvalue weighted by Crippen LogP contribution is 2.45. The van der Waals surface area contributed by atoms with Gasteiger partial charge in [-0.15, -0.1) is 0 Å². The molecular weight excluding hydrogens is 520 g/mol. The zero-order chi connectivity index (χ0) is 35.3. The Balaban J connectivity index is 1.47. The summed E-state index contributed by atoms with van der Waals surface area (Å²) in [6, 6.07) is 31.8. The fourth-order valence-electron chi connectivity index (χ4n) is 6.39. The molecule has 0 aliphatic heterocycles. The fraction of sp³-hybridized carbons (Fsp3) is 0. The molecule has 0 atom stereocenters. The quantitative estimate of drug-likeness (QED) is 0.198. The van der Waals surface area contributed by atoms with E-state index in [1.165, 1.54) is 0 Å². The maximum atomic E-state index is 9.28. The molecule has 0 amide bonds. The molecule has 8 aromatic carbocycles. The van der Waals surface area contributed by atoms with Crippen LogP contribution in [0.5, 0.6) is 0 Å². The second kappa shape index (κ2) is 9.44. The molecule has 0 saturated carbocycles. The lowest BCUT2D eigenvalue weighted by atomic mass is 9.85. The molecule has 0 fully saturated rings. The minimum Gasteiger partial charge on any atom is -0.456 e. The monoisotopic (exact) mass is 554 g/mol. The summed E-state index contributed by atoms with van der Waals surface area (Å²) in [7, 11) is 0. The number of fused-ring (bicyclic) bond motifs is 7. The Labute approximate surface area is 260 Å². The molecule has 0 aliphatic carbocycles. The maximum absolute atomic E-state index is 9.28. The third-order valence-electron chi connectivity index (χ3n) is 8.28.